The van der Waals surface area contributed by atoms with Crippen LogP contribution >= 0.6 is 22.9 Å². The number of rotatable bonds is 3. The predicted octanol–water partition coefficient (Wildman–Crippen LogP) is 2.79. The van der Waals surface area contributed by atoms with E-state index in [1.54, 1.807) is 3.96 Å². The van der Waals surface area contributed by atoms with E-state index in [1.807, 2.05) is 43.6 Å². The molecule has 0 bridgehead atoms. The molecule has 0 radical (unpaired) electrons. The fourth-order valence-corrected chi connectivity index (χ4v) is 3.76. The molecule has 0 aliphatic carbocycles. The summed E-state index contributed by atoms with van der Waals surface area (Å²) in [6.07, 6.45) is 0. The summed E-state index contributed by atoms with van der Waals surface area (Å²) in [5.41, 5.74) is 0.977. The third-order valence-electron chi connectivity index (χ3n) is 3.05. The Hall–Kier alpha value is -1.50. The highest BCUT2D eigenvalue weighted by atomic mass is 32.1. The first-order chi connectivity index (χ1) is 9.20. The van der Waals surface area contributed by atoms with Crippen molar-refractivity contribution in [3.63, 3.8) is 0 Å². The predicted molar refractivity (Wildman–Crippen MR) is 80.6 cm³/mol. The van der Waals surface area contributed by atoms with Crippen molar-refractivity contribution in [3.8, 4) is 5.13 Å². The smallest absolute Gasteiger partial charge is 0.275 e. The molecule has 19 heavy (non-hydrogen) atoms. The van der Waals surface area contributed by atoms with Crippen LogP contribution in [0.3, 0.4) is 0 Å². The third-order valence-corrected chi connectivity index (χ3v) is 5.09. The fraction of sp³-hybridized carbons (Fsp3) is 0.231. The van der Waals surface area contributed by atoms with Crippen molar-refractivity contribution in [3.05, 3.63) is 45.7 Å². The van der Waals surface area contributed by atoms with E-state index in [0.29, 0.717) is 0 Å². The fourth-order valence-electron chi connectivity index (χ4n) is 1.81. The molecule has 2 aromatic heterocycles. The van der Waals surface area contributed by atoms with Crippen LogP contribution in [-0.2, 0) is 0 Å². The second kappa shape index (κ2) is 4.88. The van der Waals surface area contributed by atoms with E-state index >= 15 is 0 Å². The Kier molecular flexibility index (Phi) is 3.22. The number of thiazole rings is 1. The van der Waals surface area contributed by atoms with Crippen molar-refractivity contribution >= 4 is 33.0 Å². The Labute approximate surface area is 118 Å². The zero-order valence-electron chi connectivity index (χ0n) is 10.6. The van der Waals surface area contributed by atoms with Crippen molar-refractivity contribution in [2.45, 2.75) is 13.0 Å². The van der Waals surface area contributed by atoms with E-state index in [4.69, 9.17) is 0 Å². The van der Waals surface area contributed by atoms with Gasteiger partial charge in [0, 0.05) is 11.4 Å². The number of aromatic nitrogens is 2. The van der Waals surface area contributed by atoms with Gasteiger partial charge in [-0.05, 0) is 37.6 Å². The average molecular weight is 291 g/mol. The molecule has 3 rings (SSSR count). The first kappa shape index (κ1) is 12.5. The Bertz CT molecular complexity index is 771. The van der Waals surface area contributed by atoms with E-state index in [9.17, 15) is 4.79 Å². The Balaban J connectivity index is 2.12. The lowest BCUT2D eigenvalue weighted by Crippen LogP contribution is -2.14. The molecule has 6 heteroatoms. The van der Waals surface area contributed by atoms with Gasteiger partial charge in [-0.25, -0.2) is 8.94 Å². The number of nitrogens with one attached hydrogen (secondary N) is 1. The molecule has 98 valence electrons. The van der Waals surface area contributed by atoms with Crippen LogP contribution in [0.4, 0.5) is 0 Å². The van der Waals surface area contributed by atoms with Crippen LogP contribution in [-0.4, -0.2) is 16.0 Å². The topological polar surface area (TPSA) is 46.9 Å². The summed E-state index contributed by atoms with van der Waals surface area (Å²) in [6, 6.07) is 7.84. The van der Waals surface area contributed by atoms with Crippen molar-refractivity contribution in [1.29, 1.82) is 0 Å². The number of nitrogens with zero attached hydrogens (tertiary/aromatic N) is 2. The van der Waals surface area contributed by atoms with E-state index in [-0.39, 0.29) is 11.6 Å². The van der Waals surface area contributed by atoms with Crippen LogP contribution in [0.25, 0.3) is 15.2 Å². The molecule has 1 unspecified atom stereocenters. The Morgan fingerprint density at radius 1 is 1.37 bits per heavy atom. The standard InChI is InChI=1S/C13H13N3OS2/c1-8(14-2)10-7-18-13(15-10)16-12(17)9-5-3-4-6-11(9)19-16/h3-8,14H,1-2H3. The van der Waals surface area contributed by atoms with Gasteiger partial charge in [-0.15, -0.1) is 11.3 Å². The van der Waals surface area contributed by atoms with Crippen LogP contribution in [0.2, 0.25) is 0 Å². The molecule has 1 N–H and O–H groups in total. The molecule has 4 nitrogen and oxygen atoms in total. The van der Waals surface area contributed by atoms with Gasteiger partial charge >= 0.3 is 0 Å². The van der Waals surface area contributed by atoms with Gasteiger partial charge in [0.25, 0.3) is 5.56 Å². The van der Waals surface area contributed by atoms with Crippen molar-refractivity contribution in [1.82, 2.24) is 14.3 Å². The van der Waals surface area contributed by atoms with Crippen LogP contribution in [0.1, 0.15) is 18.7 Å². The average Bonchev–Trinajstić information content (AvgIpc) is 3.04. The first-order valence-corrected chi connectivity index (χ1v) is 7.60. The van der Waals surface area contributed by atoms with Crippen LogP contribution in [0, 0.1) is 0 Å². The lowest BCUT2D eigenvalue weighted by atomic mass is 10.3. The molecule has 1 aromatic carbocycles. The maximum Gasteiger partial charge on any atom is 0.275 e. The minimum atomic E-state index is 0.0126. The van der Waals surface area contributed by atoms with Crippen molar-refractivity contribution in [2.75, 3.05) is 7.05 Å². The second-order valence-electron chi connectivity index (χ2n) is 4.25. The van der Waals surface area contributed by atoms with E-state index in [2.05, 4.69) is 10.3 Å². The van der Waals surface area contributed by atoms with E-state index < -0.39 is 0 Å². The number of benzene rings is 1. The maximum absolute atomic E-state index is 12.3. The SMILES string of the molecule is CNC(C)c1csc(-n2sc3ccccc3c2=O)n1. The van der Waals surface area contributed by atoms with Crippen LogP contribution in [0.5, 0.6) is 0 Å². The molecule has 0 spiro atoms. The minimum Gasteiger partial charge on any atom is -0.312 e. The lowest BCUT2D eigenvalue weighted by molar-refractivity contribution is 0.636. The molecular formula is C13H13N3OS2. The van der Waals surface area contributed by atoms with Crippen LogP contribution < -0.4 is 10.9 Å². The summed E-state index contributed by atoms with van der Waals surface area (Å²) >= 11 is 2.94. The van der Waals surface area contributed by atoms with Gasteiger partial charge in [0.05, 0.1) is 15.8 Å². The molecule has 3 aromatic rings. The maximum atomic E-state index is 12.3. The van der Waals surface area contributed by atoms with Crippen molar-refractivity contribution in [2.24, 2.45) is 0 Å². The third kappa shape index (κ3) is 2.11. The Morgan fingerprint density at radius 3 is 2.89 bits per heavy atom. The van der Waals surface area contributed by atoms with Gasteiger partial charge in [-0.1, -0.05) is 12.1 Å². The van der Waals surface area contributed by atoms with Gasteiger partial charge in [0.2, 0.25) is 5.13 Å². The highest BCUT2D eigenvalue weighted by Crippen LogP contribution is 2.23. The molecule has 0 amide bonds. The van der Waals surface area contributed by atoms with Crippen LogP contribution in [0.15, 0.2) is 34.4 Å². The lowest BCUT2D eigenvalue weighted by Gasteiger charge is -2.04. The van der Waals surface area contributed by atoms with Gasteiger partial charge < -0.3 is 5.32 Å². The number of fused-ring (bicyclic) bond motifs is 1. The summed E-state index contributed by atoms with van der Waals surface area (Å²) in [7, 11) is 1.90. The number of hydrogen-bond acceptors (Lipinski definition) is 5. The largest absolute Gasteiger partial charge is 0.312 e. The zero-order valence-corrected chi connectivity index (χ0v) is 12.2. The zero-order chi connectivity index (χ0) is 13.4. The molecule has 0 aliphatic rings. The molecule has 2 heterocycles. The summed E-state index contributed by atoms with van der Waals surface area (Å²) < 4.78 is 2.66. The normalized spacial score (nSPS) is 12.9. The summed E-state index contributed by atoms with van der Waals surface area (Å²) in [5, 5.41) is 6.64. The van der Waals surface area contributed by atoms with Gasteiger partial charge in [-0.2, -0.15) is 0 Å². The quantitative estimate of drug-likeness (QED) is 0.807. The molecule has 0 aliphatic heterocycles. The highest BCUT2D eigenvalue weighted by molar-refractivity contribution is 7.17. The summed E-state index contributed by atoms with van der Waals surface area (Å²) in [6.45, 7) is 2.05. The van der Waals surface area contributed by atoms with E-state index in [0.717, 1.165) is 20.9 Å². The van der Waals surface area contributed by atoms with Gasteiger partial charge in [0.1, 0.15) is 0 Å². The first-order valence-electron chi connectivity index (χ1n) is 5.95. The number of hydrogen-bond donors (Lipinski definition) is 1. The molecule has 1 atom stereocenters. The Morgan fingerprint density at radius 2 is 2.16 bits per heavy atom. The summed E-state index contributed by atoms with van der Waals surface area (Å²) in [4.78, 5) is 16.8. The highest BCUT2D eigenvalue weighted by Gasteiger charge is 2.13. The summed E-state index contributed by atoms with van der Waals surface area (Å²) in [5.74, 6) is 0. The molecule has 0 fully saturated rings. The van der Waals surface area contributed by atoms with E-state index in [1.165, 1.54) is 22.9 Å². The minimum absolute atomic E-state index is 0.0126. The monoisotopic (exact) mass is 291 g/mol. The van der Waals surface area contributed by atoms with Gasteiger partial charge in [0.15, 0.2) is 0 Å². The molecular weight excluding hydrogens is 278 g/mol. The molecule has 0 saturated heterocycles. The van der Waals surface area contributed by atoms with Crippen molar-refractivity contribution < 1.29 is 0 Å². The molecule has 0 saturated carbocycles. The van der Waals surface area contributed by atoms with Gasteiger partial charge in [-0.3, -0.25) is 4.79 Å². The second-order valence-corrected chi connectivity index (χ2v) is 6.08.